The molecule has 2 unspecified atom stereocenters. The minimum absolute atomic E-state index is 0.763. The van der Waals surface area contributed by atoms with Crippen molar-refractivity contribution in [2.24, 2.45) is 5.92 Å². The van der Waals surface area contributed by atoms with Gasteiger partial charge in [0.15, 0.2) is 0 Å². The van der Waals surface area contributed by atoms with E-state index in [4.69, 9.17) is 0 Å². The summed E-state index contributed by atoms with van der Waals surface area (Å²) in [7, 11) is 0. The van der Waals surface area contributed by atoms with Crippen molar-refractivity contribution in [2.75, 3.05) is 0 Å². The van der Waals surface area contributed by atoms with Gasteiger partial charge in [0.2, 0.25) is 0 Å². The molecule has 0 aliphatic heterocycles. The summed E-state index contributed by atoms with van der Waals surface area (Å²) in [6.07, 6.45) is 8.94. The summed E-state index contributed by atoms with van der Waals surface area (Å²) in [5, 5.41) is 1.39. The van der Waals surface area contributed by atoms with Crippen LogP contribution in [0, 0.1) is 12.8 Å². The highest BCUT2D eigenvalue weighted by atomic mass is 32.1. The van der Waals surface area contributed by atoms with Crippen molar-refractivity contribution in [3.8, 4) is 0 Å². The highest BCUT2D eigenvalue weighted by Gasteiger charge is 2.19. The van der Waals surface area contributed by atoms with Crippen LogP contribution in [0.4, 0.5) is 0 Å². The SMILES string of the molecule is Cc1cnc(C2CCCC(C)CC2)s1. The number of hydrogen-bond acceptors (Lipinski definition) is 2. The van der Waals surface area contributed by atoms with Crippen molar-refractivity contribution in [3.05, 3.63) is 16.1 Å². The first-order valence-corrected chi connectivity index (χ1v) is 6.49. The Morgan fingerprint density at radius 3 is 2.86 bits per heavy atom. The third-order valence-electron chi connectivity index (χ3n) is 3.25. The molecule has 1 aliphatic rings. The van der Waals surface area contributed by atoms with Crippen LogP contribution in [0.15, 0.2) is 6.20 Å². The molecule has 1 aromatic heterocycles. The fourth-order valence-electron chi connectivity index (χ4n) is 2.29. The molecular formula is C12H19NS. The Kier molecular flexibility index (Phi) is 3.22. The minimum Gasteiger partial charge on any atom is -0.249 e. The zero-order valence-electron chi connectivity index (χ0n) is 9.12. The first-order chi connectivity index (χ1) is 6.75. The second-order valence-corrected chi connectivity index (χ2v) is 5.89. The molecule has 2 rings (SSSR count). The van der Waals surface area contributed by atoms with Gasteiger partial charge < -0.3 is 0 Å². The van der Waals surface area contributed by atoms with Gasteiger partial charge in [-0.1, -0.05) is 26.2 Å². The van der Waals surface area contributed by atoms with E-state index in [-0.39, 0.29) is 0 Å². The van der Waals surface area contributed by atoms with Crippen LogP contribution in [0.3, 0.4) is 0 Å². The van der Waals surface area contributed by atoms with Crippen LogP contribution in [0.5, 0.6) is 0 Å². The number of aryl methyl sites for hydroxylation is 1. The number of rotatable bonds is 1. The Hall–Kier alpha value is -0.370. The maximum atomic E-state index is 4.52. The lowest BCUT2D eigenvalue weighted by atomic mass is 10.00. The average molecular weight is 209 g/mol. The second kappa shape index (κ2) is 4.43. The number of thiazole rings is 1. The van der Waals surface area contributed by atoms with Gasteiger partial charge in [-0.05, 0) is 25.7 Å². The zero-order valence-corrected chi connectivity index (χ0v) is 9.94. The van der Waals surface area contributed by atoms with Gasteiger partial charge in [0.25, 0.3) is 0 Å². The van der Waals surface area contributed by atoms with Gasteiger partial charge in [0.1, 0.15) is 0 Å². The van der Waals surface area contributed by atoms with Crippen molar-refractivity contribution in [3.63, 3.8) is 0 Å². The third kappa shape index (κ3) is 2.35. The van der Waals surface area contributed by atoms with Gasteiger partial charge in [-0.15, -0.1) is 11.3 Å². The molecule has 1 saturated carbocycles. The molecular weight excluding hydrogens is 190 g/mol. The molecule has 1 aromatic rings. The van der Waals surface area contributed by atoms with Gasteiger partial charge in [0, 0.05) is 17.0 Å². The molecule has 14 heavy (non-hydrogen) atoms. The summed E-state index contributed by atoms with van der Waals surface area (Å²) in [5.41, 5.74) is 0. The minimum atomic E-state index is 0.763. The molecule has 1 aliphatic carbocycles. The second-order valence-electron chi connectivity index (χ2n) is 4.62. The molecule has 2 heteroatoms. The van der Waals surface area contributed by atoms with Crippen LogP contribution in [-0.4, -0.2) is 4.98 Å². The van der Waals surface area contributed by atoms with E-state index in [0.29, 0.717) is 0 Å². The molecule has 0 bridgehead atoms. The van der Waals surface area contributed by atoms with Crippen LogP contribution in [0.25, 0.3) is 0 Å². The van der Waals surface area contributed by atoms with Crippen molar-refractivity contribution < 1.29 is 0 Å². The molecule has 0 aromatic carbocycles. The third-order valence-corrected chi connectivity index (χ3v) is 4.32. The molecule has 0 N–H and O–H groups in total. The summed E-state index contributed by atoms with van der Waals surface area (Å²) in [6.45, 7) is 4.54. The smallest absolute Gasteiger partial charge is 0.0958 e. The van der Waals surface area contributed by atoms with Crippen LogP contribution in [0.1, 0.15) is 54.8 Å². The van der Waals surface area contributed by atoms with E-state index in [0.717, 1.165) is 11.8 Å². The van der Waals surface area contributed by atoms with E-state index in [1.54, 1.807) is 0 Å². The molecule has 1 fully saturated rings. The number of nitrogens with zero attached hydrogens (tertiary/aromatic N) is 1. The predicted molar refractivity (Wildman–Crippen MR) is 61.8 cm³/mol. The van der Waals surface area contributed by atoms with Crippen molar-refractivity contribution in [1.82, 2.24) is 4.98 Å². The molecule has 0 spiro atoms. The number of aromatic nitrogens is 1. The quantitative estimate of drug-likeness (QED) is 0.634. The number of hydrogen-bond donors (Lipinski definition) is 0. The fraction of sp³-hybridized carbons (Fsp3) is 0.750. The monoisotopic (exact) mass is 209 g/mol. The van der Waals surface area contributed by atoms with E-state index in [1.165, 1.54) is 42.0 Å². The predicted octanol–water partition coefficient (Wildman–Crippen LogP) is 4.14. The van der Waals surface area contributed by atoms with E-state index in [9.17, 15) is 0 Å². The topological polar surface area (TPSA) is 12.9 Å². The van der Waals surface area contributed by atoms with Gasteiger partial charge >= 0.3 is 0 Å². The summed E-state index contributed by atoms with van der Waals surface area (Å²) < 4.78 is 0. The summed E-state index contributed by atoms with van der Waals surface area (Å²) >= 11 is 1.89. The lowest BCUT2D eigenvalue weighted by molar-refractivity contribution is 0.499. The first-order valence-electron chi connectivity index (χ1n) is 5.68. The maximum absolute atomic E-state index is 4.52. The molecule has 0 saturated heterocycles. The molecule has 1 nitrogen and oxygen atoms in total. The van der Waals surface area contributed by atoms with Gasteiger partial charge in [-0.3, -0.25) is 0 Å². The Morgan fingerprint density at radius 2 is 2.14 bits per heavy atom. The van der Waals surface area contributed by atoms with E-state index >= 15 is 0 Å². The Bertz CT molecular complexity index is 292. The summed E-state index contributed by atoms with van der Waals surface area (Å²) in [5.74, 6) is 1.69. The molecule has 0 amide bonds. The van der Waals surface area contributed by atoms with Crippen LogP contribution >= 0.6 is 11.3 Å². The molecule has 2 atom stereocenters. The largest absolute Gasteiger partial charge is 0.249 e. The van der Waals surface area contributed by atoms with Gasteiger partial charge in [0.05, 0.1) is 5.01 Å². The van der Waals surface area contributed by atoms with Crippen molar-refractivity contribution in [1.29, 1.82) is 0 Å². The van der Waals surface area contributed by atoms with Crippen molar-refractivity contribution >= 4 is 11.3 Å². The van der Waals surface area contributed by atoms with Crippen LogP contribution < -0.4 is 0 Å². The Labute approximate surface area is 90.6 Å². The zero-order chi connectivity index (χ0) is 9.97. The average Bonchev–Trinajstić information content (AvgIpc) is 2.46. The fourth-order valence-corrected chi connectivity index (χ4v) is 3.24. The molecule has 1 heterocycles. The summed E-state index contributed by atoms with van der Waals surface area (Å²) in [6, 6.07) is 0. The summed E-state index contributed by atoms with van der Waals surface area (Å²) in [4.78, 5) is 5.88. The molecule has 78 valence electrons. The lowest BCUT2D eigenvalue weighted by Crippen LogP contribution is -1.96. The normalized spacial score (nSPS) is 28.7. The highest BCUT2D eigenvalue weighted by molar-refractivity contribution is 7.11. The van der Waals surface area contributed by atoms with Gasteiger partial charge in [-0.2, -0.15) is 0 Å². The molecule has 0 radical (unpaired) electrons. The highest BCUT2D eigenvalue weighted by Crippen LogP contribution is 2.35. The van der Waals surface area contributed by atoms with Crippen molar-refractivity contribution in [2.45, 2.75) is 51.9 Å². The first kappa shape index (κ1) is 10.2. The standard InChI is InChI=1S/C12H19NS/c1-9-4-3-5-11(7-6-9)12-13-8-10(2)14-12/h8-9,11H,3-7H2,1-2H3. The Balaban J connectivity index is 2.04. The van der Waals surface area contributed by atoms with Crippen LogP contribution in [0.2, 0.25) is 0 Å². The van der Waals surface area contributed by atoms with E-state index in [1.807, 2.05) is 17.5 Å². The van der Waals surface area contributed by atoms with Crippen LogP contribution in [-0.2, 0) is 0 Å². The maximum Gasteiger partial charge on any atom is 0.0958 e. The van der Waals surface area contributed by atoms with E-state index < -0.39 is 0 Å². The lowest BCUT2D eigenvalue weighted by Gasteiger charge is -2.10. The van der Waals surface area contributed by atoms with Gasteiger partial charge in [-0.25, -0.2) is 4.98 Å². The van der Waals surface area contributed by atoms with E-state index in [2.05, 4.69) is 18.8 Å². The Morgan fingerprint density at radius 1 is 1.29 bits per heavy atom.